The van der Waals surface area contributed by atoms with Crippen molar-refractivity contribution in [1.29, 1.82) is 0 Å². The molecule has 1 atom stereocenters. The van der Waals surface area contributed by atoms with Crippen molar-refractivity contribution in [2.24, 2.45) is 0 Å². The molecule has 0 fully saturated rings. The fourth-order valence-corrected chi connectivity index (χ4v) is 3.60. The number of carbonyl (C=O) groups is 2. The highest BCUT2D eigenvalue weighted by atomic mass is 79.9. The fraction of sp³-hybridized carbons (Fsp3) is 0.200. The lowest BCUT2D eigenvalue weighted by Gasteiger charge is -2.26. The van der Waals surface area contributed by atoms with Crippen molar-refractivity contribution in [3.8, 4) is 5.75 Å². The predicted octanol–water partition coefficient (Wildman–Crippen LogP) is 4.15. The van der Waals surface area contributed by atoms with E-state index in [0.29, 0.717) is 34.4 Å². The minimum Gasteiger partial charge on any atom is -0.508 e. The summed E-state index contributed by atoms with van der Waals surface area (Å²) in [5.41, 5.74) is 0.764. The Hall–Kier alpha value is -2.15. The Kier molecular flexibility index (Phi) is 5.99. The number of aliphatic hydroxyl groups is 1. The number of rotatable bonds is 6. The van der Waals surface area contributed by atoms with Gasteiger partial charge in [0.15, 0.2) is 0 Å². The van der Waals surface area contributed by atoms with Gasteiger partial charge in [-0.05, 0) is 31.2 Å². The van der Waals surface area contributed by atoms with Gasteiger partial charge in [0.05, 0.1) is 11.6 Å². The molecule has 2 aromatic rings. The second-order valence-corrected chi connectivity index (χ2v) is 7.39. The molecule has 5 nitrogen and oxygen atoms in total. The molecule has 3 rings (SSSR count). The molecule has 2 aromatic carbocycles. The number of alkyl halides is 1. The molecule has 140 valence electrons. The Balaban J connectivity index is 2.17. The minimum absolute atomic E-state index is 0.0546. The molecular formula is C20H17BrClNO4. The van der Waals surface area contributed by atoms with Gasteiger partial charge in [-0.3, -0.25) is 9.59 Å². The van der Waals surface area contributed by atoms with Gasteiger partial charge in [0.1, 0.15) is 11.5 Å². The molecule has 0 amide bonds. The number of carbonyl (C=O) groups excluding carboxylic acids is 2. The summed E-state index contributed by atoms with van der Waals surface area (Å²) in [5, 5.41) is 24.3. The highest BCUT2D eigenvalue weighted by Gasteiger charge is 2.38. The largest absolute Gasteiger partial charge is 0.508 e. The van der Waals surface area contributed by atoms with Gasteiger partial charge in [0.2, 0.25) is 11.6 Å². The van der Waals surface area contributed by atoms with Gasteiger partial charge in [0.25, 0.3) is 0 Å². The molecule has 27 heavy (non-hydrogen) atoms. The van der Waals surface area contributed by atoms with Crippen LogP contribution in [0.2, 0.25) is 0 Å². The van der Waals surface area contributed by atoms with Crippen molar-refractivity contribution in [2.75, 3.05) is 12.4 Å². The molecule has 1 aliphatic carbocycles. The van der Waals surface area contributed by atoms with Crippen molar-refractivity contribution < 1.29 is 19.8 Å². The number of aliphatic hydroxyl groups excluding tert-OH is 1. The van der Waals surface area contributed by atoms with Crippen LogP contribution in [0.5, 0.6) is 5.75 Å². The number of benzene rings is 2. The average Bonchev–Trinajstić information content (AvgIpc) is 2.67. The molecule has 0 bridgehead atoms. The molecule has 0 saturated heterocycles. The summed E-state index contributed by atoms with van der Waals surface area (Å²) < 4.78 is 0.689. The Morgan fingerprint density at radius 3 is 2.44 bits per heavy atom. The van der Waals surface area contributed by atoms with Crippen LogP contribution in [0, 0.1) is 0 Å². The quantitative estimate of drug-likeness (QED) is 0.350. The second kappa shape index (κ2) is 8.25. The van der Waals surface area contributed by atoms with Gasteiger partial charge < -0.3 is 15.5 Å². The van der Waals surface area contributed by atoms with E-state index in [1.807, 2.05) is 0 Å². The number of phenolic OH excluding ortho intramolecular Hbond substituents is 1. The second-order valence-electron chi connectivity index (χ2n) is 6.10. The van der Waals surface area contributed by atoms with Gasteiger partial charge in [0, 0.05) is 27.0 Å². The van der Waals surface area contributed by atoms with Crippen LogP contribution in [-0.4, -0.2) is 34.2 Å². The number of nitrogens with one attached hydrogen (secondary N) is 1. The first kappa shape index (κ1) is 19.6. The molecule has 0 aliphatic heterocycles. The van der Waals surface area contributed by atoms with Crippen LogP contribution >= 0.6 is 27.5 Å². The number of halogens is 2. The van der Waals surface area contributed by atoms with E-state index >= 15 is 0 Å². The monoisotopic (exact) mass is 449 g/mol. The van der Waals surface area contributed by atoms with Crippen LogP contribution < -0.4 is 5.32 Å². The summed E-state index contributed by atoms with van der Waals surface area (Å²) in [7, 11) is 0. The number of Topliss-reactive ketones (excluding diaryl/α,β-unsaturated/α-hetero) is 2. The fourth-order valence-electron chi connectivity index (χ4n) is 3.09. The molecule has 0 saturated carbocycles. The van der Waals surface area contributed by atoms with E-state index in [0.717, 1.165) is 0 Å². The van der Waals surface area contributed by atoms with Gasteiger partial charge in [-0.15, -0.1) is 11.6 Å². The zero-order valence-corrected chi connectivity index (χ0v) is 16.5. The van der Waals surface area contributed by atoms with Crippen molar-refractivity contribution in [3.05, 3.63) is 69.2 Å². The van der Waals surface area contributed by atoms with Crippen LogP contribution in [0.15, 0.2) is 52.5 Å². The minimum atomic E-state index is -0.865. The van der Waals surface area contributed by atoms with Crippen molar-refractivity contribution >= 4 is 44.9 Å². The first-order valence-electron chi connectivity index (χ1n) is 8.35. The number of phenols is 1. The number of aromatic hydroxyl groups is 1. The van der Waals surface area contributed by atoms with E-state index < -0.39 is 17.6 Å². The maximum atomic E-state index is 12.8. The highest BCUT2D eigenvalue weighted by molar-refractivity contribution is 9.10. The molecule has 0 aromatic heterocycles. The van der Waals surface area contributed by atoms with E-state index in [2.05, 4.69) is 21.2 Å². The first-order valence-corrected chi connectivity index (χ1v) is 9.67. The Morgan fingerprint density at radius 2 is 1.74 bits per heavy atom. The van der Waals surface area contributed by atoms with Gasteiger partial charge in [-0.1, -0.05) is 40.2 Å². The van der Waals surface area contributed by atoms with Crippen molar-refractivity contribution in [2.45, 2.75) is 12.5 Å². The van der Waals surface area contributed by atoms with E-state index in [4.69, 9.17) is 11.6 Å². The highest BCUT2D eigenvalue weighted by Crippen LogP contribution is 2.38. The Morgan fingerprint density at radius 1 is 1.04 bits per heavy atom. The zero-order valence-electron chi connectivity index (χ0n) is 14.2. The van der Waals surface area contributed by atoms with Crippen LogP contribution in [0.3, 0.4) is 0 Å². The number of ketones is 2. The molecule has 3 N–H and O–H groups in total. The average molecular weight is 451 g/mol. The lowest BCUT2D eigenvalue weighted by molar-refractivity contribution is -0.112. The lowest BCUT2D eigenvalue weighted by Crippen LogP contribution is -2.34. The maximum Gasteiger partial charge on any atom is 0.235 e. The van der Waals surface area contributed by atoms with E-state index in [-0.39, 0.29) is 22.6 Å². The molecule has 0 heterocycles. The summed E-state index contributed by atoms with van der Waals surface area (Å²) in [4.78, 5) is 25.4. The summed E-state index contributed by atoms with van der Waals surface area (Å²) in [6.45, 7) is 0.431. The van der Waals surface area contributed by atoms with Crippen LogP contribution in [0.4, 0.5) is 0 Å². The number of fused-ring (bicyclic) bond motifs is 1. The van der Waals surface area contributed by atoms with Gasteiger partial charge in [-0.2, -0.15) is 0 Å². The zero-order chi connectivity index (χ0) is 19.6. The number of hydrogen-bond acceptors (Lipinski definition) is 5. The molecule has 0 spiro atoms. The maximum absolute atomic E-state index is 12.8. The summed E-state index contributed by atoms with van der Waals surface area (Å²) in [6, 6.07) is 10.3. The van der Waals surface area contributed by atoms with Crippen LogP contribution in [0.25, 0.3) is 5.76 Å². The molecular weight excluding hydrogens is 434 g/mol. The smallest absolute Gasteiger partial charge is 0.235 e. The number of hydrogen-bond donors (Lipinski definition) is 3. The van der Waals surface area contributed by atoms with E-state index in [1.165, 1.54) is 12.1 Å². The van der Waals surface area contributed by atoms with Crippen LogP contribution in [-0.2, 0) is 4.79 Å². The van der Waals surface area contributed by atoms with Crippen molar-refractivity contribution in [3.63, 3.8) is 0 Å². The standard InChI is InChI=1S/C20H17BrClNO4/c21-11-6-7-15(24)14(10-11)17(23-9-3-8-22)16-18(25)12-4-1-2-5-13(12)19(26)20(16)27/h1-2,4-7,10,17,23-25H,3,8-9H2. The van der Waals surface area contributed by atoms with Crippen LogP contribution in [0.1, 0.15) is 33.9 Å². The third-order valence-electron chi connectivity index (χ3n) is 4.38. The molecule has 1 aliphatic rings. The molecule has 0 radical (unpaired) electrons. The molecule has 7 heteroatoms. The Bertz CT molecular complexity index is 941. The van der Waals surface area contributed by atoms with E-state index in [9.17, 15) is 19.8 Å². The predicted molar refractivity (Wildman–Crippen MR) is 107 cm³/mol. The third kappa shape index (κ3) is 3.78. The molecule has 1 unspecified atom stereocenters. The SMILES string of the molecule is O=C1C(=O)c2ccccc2C(O)=C1C(NCCCCl)c1cc(Br)ccc1O. The Labute approximate surface area is 169 Å². The normalized spacial score (nSPS) is 15.0. The van der Waals surface area contributed by atoms with Crippen molar-refractivity contribution in [1.82, 2.24) is 5.32 Å². The van der Waals surface area contributed by atoms with Gasteiger partial charge in [-0.25, -0.2) is 0 Å². The topological polar surface area (TPSA) is 86.6 Å². The third-order valence-corrected chi connectivity index (χ3v) is 5.14. The summed E-state index contributed by atoms with van der Waals surface area (Å²) in [5.74, 6) is -1.39. The lowest BCUT2D eigenvalue weighted by atomic mass is 9.83. The summed E-state index contributed by atoms with van der Waals surface area (Å²) in [6.07, 6.45) is 0.611. The summed E-state index contributed by atoms with van der Waals surface area (Å²) >= 11 is 9.09. The first-order chi connectivity index (χ1) is 13.0. The van der Waals surface area contributed by atoms with E-state index in [1.54, 1.807) is 30.3 Å². The van der Waals surface area contributed by atoms with Gasteiger partial charge >= 0.3 is 0 Å².